The Morgan fingerprint density at radius 1 is 1.40 bits per heavy atom. The summed E-state index contributed by atoms with van der Waals surface area (Å²) in [5.41, 5.74) is 0. The van der Waals surface area contributed by atoms with Crippen molar-refractivity contribution in [1.29, 1.82) is 0 Å². The van der Waals surface area contributed by atoms with Crippen molar-refractivity contribution < 1.29 is 13.0 Å². The first kappa shape index (κ1) is 13.0. The van der Waals surface area contributed by atoms with E-state index in [4.69, 9.17) is 28.1 Å². The van der Waals surface area contributed by atoms with Gasteiger partial charge in [-0.25, -0.2) is 0 Å². The highest BCUT2D eigenvalue weighted by atomic mass is 35.5. The molecule has 0 aliphatic rings. The van der Waals surface area contributed by atoms with Crippen LogP contribution in [0, 0.1) is 0 Å². The number of rotatable bonds is 3. The molecular formula is C2H8Cl2N2O3S. The molecule has 0 aromatic carbocycles. The van der Waals surface area contributed by atoms with Crippen molar-refractivity contribution in [2.75, 3.05) is 12.3 Å². The molecule has 0 aliphatic heterocycles. The van der Waals surface area contributed by atoms with Gasteiger partial charge in [-0.2, -0.15) is 8.42 Å². The van der Waals surface area contributed by atoms with Crippen molar-refractivity contribution in [3.05, 3.63) is 0 Å². The summed E-state index contributed by atoms with van der Waals surface area (Å²) in [6.45, 7) is -0.109. The molecule has 0 radical (unpaired) electrons. The molecule has 64 valence electrons. The summed E-state index contributed by atoms with van der Waals surface area (Å²) in [6, 6.07) is 0. The van der Waals surface area contributed by atoms with Crippen molar-refractivity contribution in [3.63, 3.8) is 0 Å². The highest BCUT2D eigenvalue weighted by Gasteiger charge is 2.05. The lowest BCUT2D eigenvalue weighted by Gasteiger charge is -1.99. The number of nitrogens with zero attached hydrogens (tertiary/aromatic N) is 1. The third-order valence-electron chi connectivity index (χ3n) is 0.518. The molecule has 4 N–H and O–H groups in total. The monoisotopic (exact) mass is 210 g/mol. The van der Waals surface area contributed by atoms with Crippen molar-refractivity contribution in [3.8, 4) is 0 Å². The third-order valence-corrected chi connectivity index (χ3v) is 1.55. The van der Waals surface area contributed by atoms with E-state index < -0.39 is 15.9 Å². The second-order valence-electron chi connectivity index (χ2n) is 1.31. The van der Waals surface area contributed by atoms with E-state index >= 15 is 0 Å². The van der Waals surface area contributed by atoms with Crippen molar-refractivity contribution in [2.24, 2.45) is 0 Å². The predicted octanol–water partition coefficient (Wildman–Crippen LogP) is 0.646. The van der Waals surface area contributed by atoms with Crippen molar-refractivity contribution in [2.45, 2.75) is 0 Å². The first-order valence-electron chi connectivity index (χ1n) is 1.96. The van der Waals surface area contributed by atoms with Crippen LogP contribution in [-0.2, 0) is 10.1 Å². The second-order valence-corrected chi connectivity index (χ2v) is 3.87. The summed E-state index contributed by atoms with van der Waals surface area (Å²) in [7, 11) is -3.93. The van der Waals surface area contributed by atoms with Gasteiger partial charge in [-0.15, -0.1) is 3.94 Å². The molecular weight excluding hydrogens is 203 g/mol. The molecule has 0 heterocycles. The van der Waals surface area contributed by atoms with Gasteiger partial charge in [0.2, 0.25) is 0 Å². The average Bonchev–Trinajstić information content (AvgIpc) is 1.59. The van der Waals surface area contributed by atoms with Gasteiger partial charge in [0.25, 0.3) is 10.1 Å². The molecule has 0 bridgehead atoms. The van der Waals surface area contributed by atoms with Crippen LogP contribution < -0.4 is 6.15 Å². The molecule has 0 saturated heterocycles. The molecule has 8 heteroatoms. The van der Waals surface area contributed by atoms with E-state index in [-0.39, 0.29) is 12.7 Å². The van der Waals surface area contributed by atoms with Gasteiger partial charge in [0.15, 0.2) is 0 Å². The predicted molar refractivity (Wildman–Crippen MR) is 39.8 cm³/mol. The number of hydrogen-bond donors (Lipinski definition) is 2. The topological polar surface area (TPSA) is 92.6 Å². The molecule has 0 spiro atoms. The SMILES string of the molecule is N.O=S(=O)(O)CCN(Cl)Cl. The molecule has 0 aromatic heterocycles. The highest BCUT2D eigenvalue weighted by molar-refractivity contribution is 7.85. The molecule has 0 rings (SSSR count). The van der Waals surface area contributed by atoms with Crippen molar-refractivity contribution in [1.82, 2.24) is 10.1 Å². The van der Waals surface area contributed by atoms with Gasteiger partial charge in [-0.05, 0) is 23.6 Å². The van der Waals surface area contributed by atoms with Gasteiger partial charge < -0.3 is 6.15 Å². The van der Waals surface area contributed by atoms with Crippen LogP contribution in [0.25, 0.3) is 0 Å². The Balaban J connectivity index is 0. The first-order chi connectivity index (χ1) is 3.92. The maximum atomic E-state index is 9.95. The van der Waals surface area contributed by atoms with E-state index in [0.29, 0.717) is 3.94 Å². The maximum absolute atomic E-state index is 9.95. The fraction of sp³-hybridized carbons (Fsp3) is 1.00. The van der Waals surface area contributed by atoms with Gasteiger partial charge in [0, 0.05) is 6.54 Å². The number of halogens is 2. The van der Waals surface area contributed by atoms with Crippen molar-refractivity contribution >= 4 is 33.7 Å². The molecule has 0 aromatic rings. The summed E-state index contributed by atoms with van der Waals surface area (Å²) in [5.74, 6) is -0.458. The standard InChI is InChI=1S/C2H5Cl2NO3S.H3N/c3-5(4)1-2-9(6,7)8;/h1-2H2,(H,6,7,8);1H3. The van der Waals surface area contributed by atoms with Crippen LogP contribution in [0.15, 0.2) is 0 Å². The summed E-state index contributed by atoms with van der Waals surface area (Å²) in [6.07, 6.45) is 0. The minimum absolute atomic E-state index is 0. The molecule has 0 amide bonds. The molecule has 0 atom stereocenters. The van der Waals surface area contributed by atoms with Crippen LogP contribution in [0.1, 0.15) is 0 Å². The van der Waals surface area contributed by atoms with Crippen LogP contribution in [0.4, 0.5) is 0 Å². The Morgan fingerprint density at radius 3 is 1.90 bits per heavy atom. The summed E-state index contributed by atoms with van der Waals surface area (Å²) in [5, 5.41) is 0. The van der Waals surface area contributed by atoms with E-state index in [1.165, 1.54) is 0 Å². The summed E-state index contributed by atoms with van der Waals surface area (Å²) < 4.78 is 28.6. The Hall–Kier alpha value is 0.410. The van der Waals surface area contributed by atoms with Gasteiger partial charge >= 0.3 is 0 Å². The zero-order valence-corrected chi connectivity index (χ0v) is 7.32. The van der Waals surface area contributed by atoms with E-state index in [9.17, 15) is 8.42 Å². The Labute approximate surface area is 69.5 Å². The molecule has 0 fully saturated rings. The van der Waals surface area contributed by atoms with E-state index in [2.05, 4.69) is 0 Å². The second kappa shape index (κ2) is 5.11. The first-order valence-corrected chi connectivity index (χ1v) is 4.24. The zero-order chi connectivity index (χ0) is 7.49. The quantitative estimate of drug-likeness (QED) is 0.528. The van der Waals surface area contributed by atoms with E-state index in [0.717, 1.165) is 0 Å². The van der Waals surface area contributed by atoms with Crippen LogP contribution in [0.2, 0.25) is 0 Å². The van der Waals surface area contributed by atoms with Crippen LogP contribution in [0.5, 0.6) is 0 Å². The normalized spacial score (nSPS) is 11.2. The summed E-state index contributed by atoms with van der Waals surface area (Å²) >= 11 is 10.0. The maximum Gasteiger partial charge on any atom is 0.266 e. The minimum atomic E-state index is -3.93. The average molecular weight is 211 g/mol. The van der Waals surface area contributed by atoms with E-state index in [1.54, 1.807) is 0 Å². The molecule has 0 saturated carbocycles. The van der Waals surface area contributed by atoms with Crippen LogP contribution in [-0.4, -0.2) is 29.2 Å². The fourth-order valence-corrected chi connectivity index (χ4v) is 0.967. The van der Waals surface area contributed by atoms with Crippen LogP contribution >= 0.6 is 23.6 Å². The molecule has 10 heavy (non-hydrogen) atoms. The van der Waals surface area contributed by atoms with Gasteiger partial charge in [-0.3, -0.25) is 4.55 Å². The lowest BCUT2D eigenvalue weighted by molar-refractivity contribution is 0.479. The van der Waals surface area contributed by atoms with Gasteiger partial charge in [-0.1, -0.05) is 0 Å². The molecule has 0 aliphatic carbocycles. The molecule has 5 nitrogen and oxygen atoms in total. The largest absolute Gasteiger partial charge is 0.344 e. The Morgan fingerprint density at radius 2 is 1.80 bits per heavy atom. The molecule has 0 unspecified atom stereocenters. The van der Waals surface area contributed by atoms with E-state index in [1.807, 2.05) is 0 Å². The fourth-order valence-electron chi connectivity index (χ4n) is 0.184. The minimum Gasteiger partial charge on any atom is -0.344 e. The third kappa shape index (κ3) is 11.2. The number of hydrogen-bond acceptors (Lipinski definition) is 4. The lowest BCUT2D eigenvalue weighted by Crippen LogP contribution is -2.14. The zero-order valence-electron chi connectivity index (χ0n) is 5.00. The Bertz CT molecular complexity index is 167. The van der Waals surface area contributed by atoms with Crippen LogP contribution in [0.3, 0.4) is 0 Å². The lowest BCUT2D eigenvalue weighted by atomic mass is 10.8. The smallest absolute Gasteiger partial charge is 0.266 e. The van der Waals surface area contributed by atoms with Gasteiger partial charge in [0.05, 0.1) is 5.75 Å². The Kier molecular flexibility index (Phi) is 6.66. The van der Waals surface area contributed by atoms with Gasteiger partial charge in [0.1, 0.15) is 0 Å². The summed E-state index contributed by atoms with van der Waals surface area (Å²) in [4.78, 5) is 0. The highest BCUT2D eigenvalue weighted by Crippen LogP contribution is 1.97.